The lowest BCUT2D eigenvalue weighted by Gasteiger charge is -2.21. The molecule has 0 spiro atoms. The number of benzene rings is 2. The first-order chi connectivity index (χ1) is 11.9. The molecule has 1 atom stereocenters. The van der Waals surface area contributed by atoms with E-state index in [1.807, 2.05) is 38.1 Å². The minimum absolute atomic E-state index is 0.000805. The molecule has 1 aliphatic heterocycles. The Kier molecular flexibility index (Phi) is 4.40. The number of Topliss-reactive ketones (excluding diaryl/α,β-unsaturated/α-hetero) is 1. The molecule has 25 heavy (non-hydrogen) atoms. The van der Waals surface area contributed by atoms with Crippen molar-refractivity contribution in [3.63, 3.8) is 0 Å². The maximum atomic E-state index is 13.0. The molecule has 0 aromatic heterocycles. The van der Waals surface area contributed by atoms with E-state index in [0.717, 1.165) is 16.0 Å². The maximum absolute atomic E-state index is 13.0. The second-order valence-electron chi connectivity index (χ2n) is 6.42. The fraction of sp³-hybridized carbons (Fsp3) is 0.250. The molecule has 1 fully saturated rings. The van der Waals surface area contributed by atoms with Crippen molar-refractivity contribution in [2.45, 2.75) is 33.2 Å². The van der Waals surface area contributed by atoms with Gasteiger partial charge in [0, 0.05) is 12.1 Å². The highest BCUT2D eigenvalue weighted by atomic mass is 16.2. The van der Waals surface area contributed by atoms with Crippen LogP contribution in [0, 0.1) is 13.8 Å². The Balaban J connectivity index is 2.04. The Morgan fingerprint density at radius 3 is 1.84 bits per heavy atom. The molecule has 1 aliphatic rings. The van der Waals surface area contributed by atoms with Gasteiger partial charge in [0.1, 0.15) is 11.8 Å². The van der Waals surface area contributed by atoms with E-state index in [4.69, 9.17) is 0 Å². The molecule has 1 heterocycles. The van der Waals surface area contributed by atoms with Crippen LogP contribution in [0.2, 0.25) is 0 Å². The number of carbonyl (C=O) groups is 3. The quantitative estimate of drug-likeness (QED) is 0.801. The second kappa shape index (κ2) is 6.51. The Morgan fingerprint density at radius 1 is 0.880 bits per heavy atom. The molecule has 0 aliphatic carbocycles. The van der Waals surface area contributed by atoms with Gasteiger partial charge in [0.2, 0.25) is 0 Å². The molecule has 0 bridgehead atoms. The van der Waals surface area contributed by atoms with Crippen molar-refractivity contribution in [3.8, 4) is 0 Å². The number of hydrogen-bond acceptors (Lipinski definition) is 3. The summed E-state index contributed by atoms with van der Waals surface area (Å²) in [7, 11) is 0. The van der Waals surface area contributed by atoms with Gasteiger partial charge in [-0.3, -0.25) is 14.5 Å². The molecule has 1 saturated heterocycles. The van der Waals surface area contributed by atoms with Crippen molar-refractivity contribution in [3.05, 3.63) is 59.7 Å². The van der Waals surface area contributed by atoms with Crippen molar-refractivity contribution in [2.24, 2.45) is 0 Å². The van der Waals surface area contributed by atoms with Gasteiger partial charge in [-0.15, -0.1) is 0 Å². The van der Waals surface area contributed by atoms with Gasteiger partial charge in [0.05, 0.1) is 5.69 Å². The fourth-order valence-electron chi connectivity index (χ4n) is 2.97. The molecule has 2 aromatic rings. The second-order valence-corrected chi connectivity index (χ2v) is 6.42. The SMILES string of the molecule is CC(=O)CC1C(=O)N(c2ccc(C)cc2)C(=O)N1c1ccc(C)cc1. The van der Waals surface area contributed by atoms with Gasteiger partial charge in [0.25, 0.3) is 5.91 Å². The Morgan fingerprint density at radius 2 is 1.36 bits per heavy atom. The zero-order valence-electron chi connectivity index (χ0n) is 14.5. The molecule has 0 saturated carbocycles. The van der Waals surface area contributed by atoms with Crippen LogP contribution in [0.3, 0.4) is 0 Å². The summed E-state index contributed by atoms with van der Waals surface area (Å²) in [6, 6.07) is 13.3. The standard InChI is InChI=1S/C20H20N2O3/c1-13-4-8-16(9-5-13)21-18(12-15(3)23)19(24)22(20(21)25)17-10-6-14(2)7-11-17/h4-11,18H,12H2,1-3H3. The molecular weight excluding hydrogens is 316 g/mol. The number of carbonyl (C=O) groups excluding carboxylic acids is 3. The summed E-state index contributed by atoms with van der Waals surface area (Å²) in [5.41, 5.74) is 3.23. The monoisotopic (exact) mass is 336 g/mol. The van der Waals surface area contributed by atoms with E-state index in [1.54, 1.807) is 24.3 Å². The molecule has 3 amide bonds. The van der Waals surface area contributed by atoms with Crippen LogP contribution < -0.4 is 9.80 Å². The zero-order valence-corrected chi connectivity index (χ0v) is 14.5. The molecule has 1 unspecified atom stereocenters. The summed E-state index contributed by atoms with van der Waals surface area (Å²) < 4.78 is 0. The molecule has 3 rings (SSSR count). The number of amides is 3. The third kappa shape index (κ3) is 3.18. The van der Waals surface area contributed by atoms with E-state index in [9.17, 15) is 14.4 Å². The van der Waals surface area contributed by atoms with Crippen LogP contribution in [-0.4, -0.2) is 23.8 Å². The summed E-state index contributed by atoms with van der Waals surface area (Å²) in [6.07, 6.45) is 0.000805. The summed E-state index contributed by atoms with van der Waals surface area (Å²) in [4.78, 5) is 40.1. The number of ketones is 1. The van der Waals surface area contributed by atoms with Crippen molar-refractivity contribution in [2.75, 3.05) is 9.80 Å². The lowest BCUT2D eigenvalue weighted by molar-refractivity contribution is -0.122. The van der Waals surface area contributed by atoms with Gasteiger partial charge in [0.15, 0.2) is 0 Å². The van der Waals surface area contributed by atoms with E-state index >= 15 is 0 Å². The molecule has 128 valence electrons. The highest BCUT2D eigenvalue weighted by Crippen LogP contribution is 2.31. The molecule has 0 N–H and O–H groups in total. The van der Waals surface area contributed by atoms with Crippen LogP contribution in [0.15, 0.2) is 48.5 Å². The highest BCUT2D eigenvalue weighted by molar-refractivity contribution is 6.29. The Hall–Kier alpha value is -2.95. The summed E-state index contributed by atoms with van der Waals surface area (Å²) in [6.45, 7) is 5.32. The Labute approximate surface area is 146 Å². The van der Waals surface area contributed by atoms with Crippen LogP contribution in [0.25, 0.3) is 0 Å². The number of aryl methyl sites for hydroxylation is 2. The number of imide groups is 1. The topological polar surface area (TPSA) is 57.7 Å². The first kappa shape index (κ1) is 16.9. The number of anilines is 2. The van der Waals surface area contributed by atoms with E-state index in [-0.39, 0.29) is 18.1 Å². The number of urea groups is 1. The minimum atomic E-state index is -0.811. The molecule has 0 radical (unpaired) electrons. The predicted octanol–water partition coefficient (Wildman–Crippen LogP) is 3.62. The highest BCUT2D eigenvalue weighted by Gasteiger charge is 2.47. The number of nitrogens with zero attached hydrogens (tertiary/aromatic N) is 2. The first-order valence-corrected chi connectivity index (χ1v) is 8.18. The van der Waals surface area contributed by atoms with Crippen molar-refractivity contribution in [1.82, 2.24) is 0 Å². The smallest absolute Gasteiger partial charge is 0.300 e. The van der Waals surface area contributed by atoms with Gasteiger partial charge in [-0.05, 0) is 45.0 Å². The molecule has 5 heteroatoms. The predicted molar refractivity (Wildman–Crippen MR) is 96.8 cm³/mol. The largest absolute Gasteiger partial charge is 0.336 e. The molecule has 2 aromatic carbocycles. The third-order valence-corrected chi connectivity index (χ3v) is 4.30. The van der Waals surface area contributed by atoms with E-state index in [0.29, 0.717) is 11.4 Å². The van der Waals surface area contributed by atoms with Crippen LogP contribution >= 0.6 is 0 Å². The van der Waals surface area contributed by atoms with E-state index < -0.39 is 12.1 Å². The van der Waals surface area contributed by atoms with Crippen molar-refractivity contribution in [1.29, 1.82) is 0 Å². The third-order valence-electron chi connectivity index (χ3n) is 4.30. The van der Waals surface area contributed by atoms with E-state index in [2.05, 4.69) is 0 Å². The number of rotatable bonds is 4. The lowest BCUT2D eigenvalue weighted by Crippen LogP contribution is -2.36. The number of hydrogen-bond donors (Lipinski definition) is 0. The van der Waals surface area contributed by atoms with Crippen LogP contribution in [0.1, 0.15) is 24.5 Å². The van der Waals surface area contributed by atoms with Gasteiger partial charge in [-0.2, -0.15) is 0 Å². The fourth-order valence-corrected chi connectivity index (χ4v) is 2.97. The minimum Gasteiger partial charge on any atom is -0.300 e. The normalized spacial score (nSPS) is 17.3. The van der Waals surface area contributed by atoms with Gasteiger partial charge in [-0.1, -0.05) is 35.4 Å². The lowest BCUT2D eigenvalue weighted by atomic mass is 10.1. The molecular formula is C20H20N2O3. The van der Waals surface area contributed by atoms with Gasteiger partial charge >= 0.3 is 6.03 Å². The van der Waals surface area contributed by atoms with Gasteiger partial charge < -0.3 is 0 Å². The average molecular weight is 336 g/mol. The zero-order chi connectivity index (χ0) is 18.1. The van der Waals surface area contributed by atoms with Crippen molar-refractivity contribution < 1.29 is 14.4 Å². The van der Waals surface area contributed by atoms with Crippen LogP contribution in [0.5, 0.6) is 0 Å². The molecule has 5 nitrogen and oxygen atoms in total. The summed E-state index contributed by atoms with van der Waals surface area (Å²) in [5.74, 6) is -0.501. The van der Waals surface area contributed by atoms with Gasteiger partial charge in [-0.25, -0.2) is 9.69 Å². The summed E-state index contributed by atoms with van der Waals surface area (Å²) in [5, 5.41) is 0. The average Bonchev–Trinajstić information content (AvgIpc) is 2.80. The Bertz CT molecular complexity index is 825. The summed E-state index contributed by atoms with van der Waals surface area (Å²) >= 11 is 0. The van der Waals surface area contributed by atoms with Crippen LogP contribution in [-0.2, 0) is 9.59 Å². The van der Waals surface area contributed by atoms with Crippen molar-refractivity contribution >= 4 is 29.1 Å². The first-order valence-electron chi connectivity index (χ1n) is 8.18. The maximum Gasteiger partial charge on any atom is 0.336 e. The van der Waals surface area contributed by atoms with Crippen LogP contribution in [0.4, 0.5) is 16.2 Å². The van der Waals surface area contributed by atoms with E-state index in [1.165, 1.54) is 11.8 Å².